The summed E-state index contributed by atoms with van der Waals surface area (Å²) in [6.07, 6.45) is 5.15. The van der Waals surface area contributed by atoms with Crippen LogP contribution in [0.4, 0.5) is 0 Å². The van der Waals surface area contributed by atoms with Crippen molar-refractivity contribution in [2.75, 3.05) is 13.7 Å². The highest BCUT2D eigenvalue weighted by atomic mass is 28.3. The number of carbonyl (C=O) groups excluding carboxylic acids is 2. The quantitative estimate of drug-likeness (QED) is 0.265. The second-order valence-electron chi connectivity index (χ2n) is 8.26. The molecule has 1 aromatic carbocycles. The molecule has 0 N–H and O–H groups in total. The lowest BCUT2D eigenvalue weighted by molar-refractivity contribution is -0.140. The molecule has 5 heteroatoms. The van der Waals surface area contributed by atoms with Crippen LogP contribution in [0.1, 0.15) is 31.2 Å². The van der Waals surface area contributed by atoms with Crippen molar-refractivity contribution in [3.63, 3.8) is 0 Å². The number of esters is 1. The van der Waals surface area contributed by atoms with Gasteiger partial charge in [0.25, 0.3) is 0 Å². The van der Waals surface area contributed by atoms with Gasteiger partial charge in [-0.1, -0.05) is 61.6 Å². The van der Waals surface area contributed by atoms with E-state index in [1.165, 1.54) is 7.11 Å². The maximum absolute atomic E-state index is 12.6. The van der Waals surface area contributed by atoms with Crippen LogP contribution >= 0.6 is 0 Å². The van der Waals surface area contributed by atoms with Crippen molar-refractivity contribution in [1.82, 2.24) is 0 Å². The molecule has 2 atom stereocenters. The number of benzene rings is 1. The molecule has 27 heavy (non-hydrogen) atoms. The first kappa shape index (κ1) is 21.6. The Bertz CT molecular complexity index is 661. The summed E-state index contributed by atoms with van der Waals surface area (Å²) >= 11 is 0. The van der Waals surface area contributed by atoms with Crippen molar-refractivity contribution in [3.8, 4) is 0 Å². The molecule has 1 aromatic rings. The summed E-state index contributed by atoms with van der Waals surface area (Å²) in [4.78, 5) is 25.0. The molecule has 0 radical (unpaired) electrons. The molecule has 0 heterocycles. The Morgan fingerprint density at radius 1 is 1.26 bits per heavy atom. The molecule has 1 aliphatic rings. The third-order valence-electron chi connectivity index (χ3n) is 5.10. The van der Waals surface area contributed by atoms with Crippen LogP contribution < -0.4 is 0 Å². The lowest BCUT2D eigenvalue weighted by Crippen LogP contribution is -2.38. The minimum atomic E-state index is -1.89. The molecule has 0 aliphatic heterocycles. The predicted molar refractivity (Wildman–Crippen MR) is 110 cm³/mol. The molecule has 1 fully saturated rings. The average molecular weight is 389 g/mol. The summed E-state index contributed by atoms with van der Waals surface area (Å²) in [6, 6.07) is 10.1. The summed E-state index contributed by atoms with van der Waals surface area (Å²) in [5, 5.41) is 0. The fourth-order valence-corrected chi connectivity index (χ4v) is 5.95. The molecule has 0 saturated heterocycles. The molecule has 0 spiro atoms. The number of ether oxygens (including phenoxy) is 2. The molecule has 0 amide bonds. The summed E-state index contributed by atoms with van der Waals surface area (Å²) in [5.41, 5.74) is 1.85. The Balaban J connectivity index is 2.10. The zero-order valence-electron chi connectivity index (χ0n) is 17.0. The number of Topliss-reactive ketones (excluding diaryl/α,β-unsaturated/α-hetero) is 1. The first-order valence-electron chi connectivity index (χ1n) is 9.76. The van der Waals surface area contributed by atoms with Crippen molar-refractivity contribution in [1.29, 1.82) is 0 Å². The van der Waals surface area contributed by atoms with Gasteiger partial charge in [-0.15, -0.1) is 0 Å². The van der Waals surface area contributed by atoms with Gasteiger partial charge in [-0.05, 0) is 24.8 Å². The summed E-state index contributed by atoms with van der Waals surface area (Å²) in [6.45, 7) is 7.62. The van der Waals surface area contributed by atoms with E-state index in [-0.39, 0.29) is 23.2 Å². The van der Waals surface area contributed by atoms with Crippen LogP contribution in [0.15, 0.2) is 42.0 Å². The van der Waals surface area contributed by atoms with Crippen molar-refractivity contribution in [2.45, 2.75) is 57.5 Å². The Morgan fingerprint density at radius 3 is 2.52 bits per heavy atom. The van der Waals surface area contributed by atoms with Crippen LogP contribution in [0.3, 0.4) is 0 Å². The van der Waals surface area contributed by atoms with Gasteiger partial charge in [0, 0.05) is 12.3 Å². The maximum Gasteiger partial charge on any atom is 0.309 e. The molecule has 1 saturated carbocycles. The number of ketones is 1. The van der Waals surface area contributed by atoms with E-state index in [0.29, 0.717) is 26.1 Å². The van der Waals surface area contributed by atoms with E-state index in [1.54, 1.807) is 0 Å². The van der Waals surface area contributed by atoms with Crippen LogP contribution in [0.2, 0.25) is 25.2 Å². The van der Waals surface area contributed by atoms with Crippen LogP contribution in [0.5, 0.6) is 0 Å². The minimum Gasteiger partial charge on any atom is -0.469 e. The van der Waals surface area contributed by atoms with Crippen LogP contribution in [-0.4, -0.2) is 33.5 Å². The maximum atomic E-state index is 12.6. The van der Waals surface area contributed by atoms with Gasteiger partial charge >= 0.3 is 5.97 Å². The third kappa shape index (κ3) is 6.15. The molecule has 1 aliphatic carbocycles. The van der Waals surface area contributed by atoms with E-state index in [0.717, 1.165) is 24.0 Å². The SMILES string of the molecule is COC(=O)C(/C(=C/CCOCc1ccccc1)C1CCCC1=O)[Si](C)(C)C. The first-order valence-corrected chi connectivity index (χ1v) is 13.3. The highest BCUT2D eigenvalue weighted by Gasteiger charge is 2.42. The zero-order chi connectivity index (χ0) is 19.9. The van der Waals surface area contributed by atoms with E-state index in [4.69, 9.17) is 9.47 Å². The summed E-state index contributed by atoms with van der Waals surface area (Å²) < 4.78 is 10.9. The number of methoxy groups -OCH3 is 1. The van der Waals surface area contributed by atoms with E-state index in [9.17, 15) is 9.59 Å². The number of rotatable bonds is 9. The second kappa shape index (κ2) is 9.99. The number of carbonyl (C=O) groups is 2. The fourth-order valence-electron chi connectivity index (χ4n) is 3.81. The van der Waals surface area contributed by atoms with E-state index in [1.807, 2.05) is 30.3 Å². The Kier molecular flexibility index (Phi) is 7.99. The second-order valence-corrected chi connectivity index (χ2v) is 13.6. The van der Waals surface area contributed by atoms with Crippen molar-refractivity contribution in [3.05, 3.63) is 47.5 Å². The molecule has 2 rings (SSSR count). The third-order valence-corrected chi connectivity index (χ3v) is 7.40. The van der Waals surface area contributed by atoms with Crippen molar-refractivity contribution < 1.29 is 19.1 Å². The van der Waals surface area contributed by atoms with Gasteiger partial charge in [0.1, 0.15) is 5.78 Å². The average Bonchev–Trinajstić information content (AvgIpc) is 3.05. The van der Waals surface area contributed by atoms with Gasteiger partial charge in [0.05, 0.1) is 33.9 Å². The van der Waals surface area contributed by atoms with Gasteiger partial charge in [0.15, 0.2) is 0 Å². The topological polar surface area (TPSA) is 52.6 Å². The van der Waals surface area contributed by atoms with Gasteiger partial charge in [0.2, 0.25) is 0 Å². The molecule has 148 valence electrons. The van der Waals surface area contributed by atoms with Gasteiger partial charge in [-0.3, -0.25) is 9.59 Å². The minimum absolute atomic E-state index is 0.130. The summed E-state index contributed by atoms with van der Waals surface area (Å²) in [7, 11) is -0.451. The smallest absolute Gasteiger partial charge is 0.309 e. The number of hydrogen-bond acceptors (Lipinski definition) is 4. The normalized spacial score (nSPS) is 19.2. The van der Waals surface area contributed by atoms with E-state index >= 15 is 0 Å². The van der Waals surface area contributed by atoms with E-state index < -0.39 is 8.07 Å². The number of hydrogen-bond donors (Lipinski definition) is 0. The van der Waals surface area contributed by atoms with E-state index in [2.05, 4.69) is 25.7 Å². The largest absolute Gasteiger partial charge is 0.469 e. The van der Waals surface area contributed by atoms with Crippen molar-refractivity contribution >= 4 is 19.8 Å². The summed E-state index contributed by atoms with van der Waals surface area (Å²) in [5.74, 6) is -0.0705. The zero-order valence-corrected chi connectivity index (χ0v) is 18.0. The van der Waals surface area contributed by atoms with Gasteiger partial charge < -0.3 is 9.47 Å². The predicted octanol–water partition coefficient (Wildman–Crippen LogP) is 4.77. The van der Waals surface area contributed by atoms with Crippen LogP contribution in [0.25, 0.3) is 0 Å². The Labute approximate surface area is 164 Å². The highest BCUT2D eigenvalue weighted by Crippen LogP contribution is 2.41. The Morgan fingerprint density at radius 2 is 1.96 bits per heavy atom. The molecule has 0 aromatic heterocycles. The van der Waals surface area contributed by atoms with Gasteiger partial charge in [-0.2, -0.15) is 0 Å². The molecular formula is C22H32O4Si. The highest BCUT2D eigenvalue weighted by molar-refractivity contribution is 6.81. The van der Waals surface area contributed by atoms with Gasteiger partial charge in [-0.25, -0.2) is 0 Å². The van der Waals surface area contributed by atoms with Crippen molar-refractivity contribution in [2.24, 2.45) is 5.92 Å². The molecule has 4 nitrogen and oxygen atoms in total. The molecule has 0 bridgehead atoms. The van der Waals surface area contributed by atoms with Crippen LogP contribution in [-0.2, 0) is 25.7 Å². The molecule has 2 unspecified atom stereocenters. The lowest BCUT2D eigenvalue weighted by Gasteiger charge is -2.31. The van der Waals surface area contributed by atoms with Crippen LogP contribution in [0, 0.1) is 5.92 Å². The Hall–Kier alpha value is -1.72. The first-order chi connectivity index (χ1) is 12.8. The monoisotopic (exact) mass is 388 g/mol. The standard InChI is InChI=1S/C22H32O4Si/c1-25-22(24)21(27(2,3)4)19(18-12-8-14-20(18)23)13-9-15-26-16-17-10-6-5-7-11-17/h5-7,10-11,13,18,21H,8-9,12,14-16H2,1-4H3/b19-13+. The fraction of sp³-hybridized carbons (Fsp3) is 0.545. The molecular weight excluding hydrogens is 356 g/mol. The lowest BCUT2D eigenvalue weighted by atomic mass is 9.92.